The van der Waals surface area contributed by atoms with Gasteiger partial charge < -0.3 is 4.42 Å². The normalized spacial score (nSPS) is 12.0. The zero-order valence-corrected chi connectivity index (χ0v) is 9.76. The van der Waals surface area contributed by atoms with Crippen LogP contribution in [0.1, 0.15) is 21.8 Å². The van der Waals surface area contributed by atoms with Crippen LogP contribution in [0.4, 0.5) is 13.2 Å². The van der Waals surface area contributed by atoms with E-state index in [0.717, 1.165) is 12.1 Å². The third-order valence-corrected chi connectivity index (χ3v) is 2.54. The van der Waals surface area contributed by atoms with Gasteiger partial charge in [0.25, 0.3) is 0 Å². The molecule has 0 aliphatic carbocycles. The first-order chi connectivity index (χ1) is 8.32. The fourth-order valence-corrected chi connectivity index (χ4v) is 1.68. The molecule has 2 rings (SSSR count). The summed E-state index contributed by atoms with van der Waals surface area (Å²) >= 11 is 0. The van der Waals surface area contributed by atoms with Crippen molar-refractivity contribution >= 4 is 24.7 Å². The van der Waals surface area contributed by atoms with E-state index < -0.39 is 11.7 Å². The third kappa shape index (κ3) is 2.12. The van der Waals surface area contributed by atoms with Gasteiger partial charge in [0.2, 0.25) is 5.71 Å². The Labute approximate surface area is 101 Å². The highest BCUT2D eigenvalue weighted by Crippen LogP contribution is 2.36. The van der Waals surface area contributed by atoms with Crippen molar-refractivity contribution in [2.24, 2.45) is 0 Å². The number of fused-ring (bicyclic) bond motifs is 1. The molecule has 94 valence electrons. The number of alkyl halides is 3. The molecule has 0 radical (unpaired) electrons. The summed E-state index contributed by atoms with van der Waals surface area (Å²) in [5.41, 5.74) is -0.789. The van der Waals surface area contributed by atoms with E-state index in [1.807, 2.05) is 0 Å². The van der Waals surface area contributed by atoms with Crippen molar-refractivity contribution < 1.29 is 22.4 Å². The minimum Gasteiger partial charge on any atom is -0.435 e. The van der Waals surface area contributed by atoms with Gasteiger partial charge in [-0.1, -0.05) is 0 Å². The third-order valence-electron chi connectivity index (χ3n) is 2.54. The number of ketones is 1. The van der Waals surface area contributed by atoms with Crippen LogP contribution in [-0.2, 0) is 6.18 Å². The quantitative estimate of drug-likeness (QED) is 0.611. The molecule has 3 nitrogen and oxygen atoms in total. The molecular formula is C11H9BF3NO2. The summed E-state index contributed by atoms with van der Waals surface area (Å²) in [7, 11) is 1.61. The zero-order valence-electron chi connectivity index (χ0n) is 9.76. The van der Waals surface area contributed by atoms with E-state index in [0.29, 0.717) is 0 Å². The van der Waals surface area contributed by atoms with Crippen molar-refractivity contribution in [3.63, 3.8) is 0 Å². The molecule has 0 bridgehead atoms. The summed E-state index contributed by atoms with van der Waals surface area (Å²) in [4.78, 5) is 15.3. The van der Waals surface area contributed by atoms with Crippen LogP contribution in [0.5, 0.6) is 0 Å². The second-order valence-electron chi connectivity index (χ2n) is 3.92. The average Bonchev–Trinajstić information content (AvgIpc) is 2.68. The predicted octanol–water partition coefficient (Wildman–Crippen LogP) is 2.39. The fraction of sp³-hybridized carbons (Fsp3) is 0.273. The molecule has 2 aromatic rings. The van der Waals surface area contributed by atoms with Gasteiger partial charge >= 0.3 is 6.18 Å². The van der Waals surface area contributed by atoms with E-state index in [1.165, 1.54) is 6.92 Å². The highest BCUT2D eigenvalue weighted by atomic mass is 19.4. The smallest absolute Gasteiger partial charge is 0.417 e. The van der Waals surface area contributed by atoms with Crippen LogP contribution in [-0.4, -0.2) is 18.6 Å². The Bertz CT molecular complexity index is 619. The Morgan fingerprint density at radius 1 is 1.44 bits per heavy atom. The number of furan rings is 1. The van der Waals surface area contributed by atoms with Crippen molar-refractivity contribution in [1.29, 1.82) is 0 Å². The summed E-state index contributed by atoms with van der Waals surface area (Å²) in [5, 5.41) is -0.176. The van der Waals surface area contributed by atoms with Gasteiger partial charge in [-0.3, -0.25) is 4.79 Å². The van der Waals surface area contributed by atoms with Crippen molar-refractivity contribution in [2.75, 3.05) is 0 Å². The lowest BCUT2D eigenvalue weighted by atomic mass is 9.99. The van der Waals surface area contributed by atoms with Gasteiger partial charge in [-0.05, 0) is 25.4 Å². The van der Waals surface area contributed by atoms with Crippen molar-refractivity contribution in [3.8, 4) is 0 Å². The molecule has 0 aliphatic rings. The number of carbonyl (C=O) groups excluding carboxylic acids is 1. The van der Waals surface area contributed by atoms with Crippen LogP contribution < -0.4 is 0 Å². The number of halogens is 3. The fourth-order valence-electron chi connectivity index (χ4n) is 1.68. The van der Waals surface area contributed by atoms with Gasteiger partial charge in [-0.15, -0.1) is 0 Å². The number of pyridine rings is 1. The second-order valence-corrected chi connectivity index (χ2v) is 3.92. The lowest BCUT2D eigenvalue weighted by molar-refractivity contribution is -0.136. The van der Waals surface area contributed by atoms with Crippen molar-refractivity contribution in [1.82, 2.24) is 4.98 Å². The molecule has 18 heavy (non-hydrogen) atoms. The van der Waals surface area contributed by atoms with Crippen LogP contribution in [0.25, 0.3) is 11.1 Å². The number of hydrogen-bond acceptors (Lipinski definition) is 3. The molecule has 0 aromatic carbocycles. The molecule has 2 heterocycles. The van der Waals surface area contributed by atoms with E-state index in [9.17, 15) is 18.0 Å². The highest BCUT2D eigenvalue weighted by molar-refractivity contribution is 6.23. The van der Waals surface area contributed by atoms with Crippen molar-refractivity contribution in [2.45, 2.75) is 19.4 Å². The first kappa shape index (κ1) is 12.7. The molecule has 0 amide bonds. The number of Topliss-reactive ketones (excluding diaryl/α,β-unsaturated/α-hetero) is 1. The maximum Gasteiger partial charge on any atom is 0.417 e. The largest absolute Gasteiger partial charge is 0.435 e. The SMILES string of the molecule is BCC(=O)c1cc2c(C(F)(F)F)cc(C)nc2o1. The maximum atomic E-state index is 12.8. The maximum absolute atomic E-state index is 12.8. The minimum atomic E-state index is -4.50. The highest BCUT2D eigenvalue weighted by Gasteiger charge is 2.34. The van der Waals surface area contributed by atoms with Gasteiger partial charge in [0.1, 0.15) is 7.85 Å². The van der Waals surface area contributed by atoms with Crippen molar-refractivity contribution in [3.05, 3.63) is 29.2 Å². The number of aryl methyl sites for hydroxylation is 1. The topological polar surface area (TPSA) is 43.1 Å². The van der Waals surface area contributed by atoms with E-state index >= 15 is 0 Å². The lowest BCUT2D eigenvalue weighted by Gasteiger charge is -2.07. The number of rotatable bonds is 2. The van der Waals surface area contributed by atoms with Crippen LogP contribution in [0, 0.1) is 6.92 Å². The number of aromatic nitrogens is 1. The first-order valence-electron chi connectivity index (χ1n) is 5.34. The molecule has 0 atom stereocenters. The Hall–Kier alpha value is -1.79. The van der Waals surface area contributed by atoms with Gasteiger partial charge in [-0.25, -0.2) is 4.98 Å². The Balaban J connectivity index is 2.72. The Kier molecular flexibility index (Phi) is 2.92. The average molecular weight is 255 g/mol. The summed E-state index contributed by atoms with van der Waals surface area (Å²) in [6, 6.07) is 2.05. The monoisotopic (exact) mass is 255 g/mol. The zero-order chi connectivity index (χ0) is 13.5. The number of carbonyl (C=O) groups is 1. The molecule has 0 saturated heterocycles. The summed E-state index contributed by atoms with van der Waals surface area (Å²) in [5.74, 6) is -0.435. The van der Waals surface area contributed by atoms with E-state index in [2.05, 4.69) is 4.98 Å². The van der Waals surface area contributed by atoms with Crippen LogP contribution in [0.2, 0.25) is 6.32 Å². The molecule has 0 saturated carbocycles. The summed E-state index contributed by atoms with van der Waals surface area (Å²) < 4.78 is 43.6. The van der Waals surface area contributed by atoms with Crippen LogP contribution >= 0.6 is 0 Å². The standard InChI is InChI=1S/C11H9BF3NO2/c1-5-2-7(11(13,14)15)6-3-9(8(17)4-12)18-10(6)16-5/h2-3H,4,12H2,1H3. The molecular weight excluding hydrogens is 246 g/mol. The summed E-state index contributed by atoms with van der Waals surface area (Å²) in [6.45, 7) is 1.44. The van der Waals surface area contributed by atoms with Gasteiger partial charge in [0.05, 0.1) is 10.9 Å². The number of hydrogen-bond donors (Lipinski definition) is 0. The molecule has 0 spiro atoms. The molecule has 0 fully saturated rings. The van der Waals surface area contributed by atoms with Gasteiger partial charge in [0, 0.05) is 5.69 Å². The first-order valence-corrected chi connectivity index (χ1v) is 5.34. The van der Waals surface area contributed by atoms with Gasteiger partial charge in [-0.2, -0.15) is 13.2 Å². The second kappa shape index (κ2) is 4.15. The molecule has 7 heteroatoms. The molecule has 2 aromatic heterocycles. The van der Waals surface area contributed by atoms with E-state index in [4.69, 9.17) is 4.42 Å². The summed E-state index contributed by atoms with van der Waals surface area (Å²) in [6.07, 6.45) is -4.33. The molecule has 0 N–H and O–H groups in total. The van der Waals surface area contributed by atoms with Crippen LogP contribution in [0.15, 0.2) is 16.5 Å². The Morgan fingerprint density at radius 2 is 2.11 bits per heavy atom. The minimum absolute atomic E-state index is 0.0869. The molecule has 0 unspecified atom stereocenters. The Morgan fingerprint density at radius 3 is 2.67 bits per heavy atom. The number of nitrogens with zero attached hydrogens (tertiary/aromatic N) is 1. The van der Waals surface area contributed by atoms with Gasteiger partial charge in [0.15, 0.2) is 11.5 Å². The van der Waals surface area contributed by atoms with E-state index in [1.54, 1.807) is 7.85 Å². The predicted molar refractivity (Wildman–Crippen MR) is 61.4 cm³/mol. The molecule has 0 aliphatic heterocycles. The lowest BCUT2D eigenvalue weighted by Crippen LogP contribution is -2.06. The van der Waals surface area contributed by atoms with E-state index in [-0.39, 0.29) is 34.7 Å². The van der Waals surface area contributed by atoms with Crippen LogP contribution in [0.3, 0.4) is 0 Å².